The molecule has 1 aliphatic heterocycles. The molecule has 2 aromatic carbocycles. The summed E-state index contributed by atoms with van der Waals surface area (Å²) in [5.41, 5.74) is 0.621. The van der Waals surface area contributed by atoms with Crippen LogP contribution in [0.15, 0.2) is 24.3 Å². The summed E-state index contributed by atoms with van der Waals surface area (Å²) < 4.78 is 24.9. The molecule has 3 rings (SSSR count). The molecule has 1 heterocycles. The van der Waals surface area contributed by atoms with Gasteiger partial charge in [-0.1, -0.05) is 6.07 Å². The fraction of sp³-hybridized carbons (Fsp3) is 0.278. The van der Waals surface area contributed by atoms with Gasteiger partial charge in [0, 0.05) is 12.6 Å². The summed E-state index contributed by atoms with van der Waals surface area (Å²) in [5, 5.41) is 16.9. The molecule has 0 spiro atoms. The number of nitro benzene ring substituents is 1. The zero-order chi connectivity index (χ0) is 19.6. The van der Waals surface area contributed by atoms with Gasteiger partial charge in [0.1, 0.15) is 11.4 Å². The summed E-state index contributed by atoms with van der Waals surface area (Å²) in [4.78, 5) is 23.3. The van der Waals surface area contributed by atoms with Gasteiger partial charge in [0.15, 0.2) is 11.5 Å². The lowest BCUT2D eigenvalue weighted by Crippen LogP contribution is -2.25. The number of halogens is 1. The topological polar surface area (TPSA) is 103 Å². The Labute approximate surface area is 154 Å². The number of carbonyl (C=O) groups excluding carboxylic acids is 1. The van der Waals surface area contributed by atoms with E-state index in [2.05, 4.69) is 10.6 Å². The van der Waals surface area contributed by atoms with Crippen molar-refractivity contribution >= 4 is 17.3 Å². The second-order valence-corrected chi connectivity index (χ2v) is 5.93. The standard InChI is InChI=1S/C18H18FN3O5/c1-26-15-7-12(14(22(24)25)8-16(15)27-2)18(23)21-13-4-3-10-9-20-6-5-11(10)17(13)19/h3-4,7-8,20H,5-6,9H2,1-2H3,(H,21,23). The largest absolute Gasteiger partial charge is 0.493 e. The monoisotopic (exact) mass is 375 g/mol. The van der Waals surface area contributed by atoms with Crippen LogP contribution in [0.5, 0.6) is 11.5 Å². The predicted octanol–water partition coefficient (Wildman–Crippen LogP) is 2.65. The highest BCUT2D eigenvalue weighted by molar-refractivity contribution is 6.07. The van der Waals surface area contributed by atoms with E-state index in [1.54, 1.807) is 6.07 Å². The van der Waals surface area contributed by atoms with Crippen molar-refractivity contribution in [2.75, 3.05) is 26.1 Å². The molecule has 0 aliphatic carbocycles. The molecule has 1 amide bonds. The van der Waals surface area contributed by atoms with Gasteiger partial charge in [-0.25, -0.2) is 4.39 Å². The van der Waals surface area contributed by atoms with Gasteiger partial charge in [0.05, 0.1) is 30.9 Å². The molecule has 0 aromatic heterocycles. The van der Waals surface area contributed by atoms with E-state index < -0.39 is 22.3 Å². The van der Waals surface area contributed by atoms with Crippen LogP contribution < -0.4 is 20.1 Å². The third kappa shape index (κ3) is 3.54. The molecule has 9 heteroatoms. The van der Waals surface area contributed by atoms with Gasteiger partial charge in [0.2, 0.25) is 0 Å². The maximum atomic E-state index is 14.7. The zero-order valence-electron chi connectivity index (χ0n) is 14.8. The van der Waals surface area contributed by atoms with Crippen LogP contribution in [0.3, 0.4) is 0 Å². The normalized spacial score (nSPS) is 12.9. The molecule has 0 saturated carbocycles. The van der Waals surface area contributed by atoms with Gasteiger partial charge < -0.3 is 20.1 Å². The van der Waals surface area contributed by atoms with Crippen LogP contribution in [-0.2, 0) is 13.0 Å². The first-order chi connectivity index (χ1) is 13.0. The maximum absolute atomic E-state index is 14.7. The fourth-order valence-electron chi connectivity index (χ4n) is 3.02. The smallest absolute Gasteiger partial charge is 0.286 e. The first-order valence-corrected chi connectivity index (χ1v) is 8.19. The van der Waals surface area contributed by atoms with E-state index in [1.807, 2.05) is 0 Å². The lowest BCUT2D eigenvalue weighted by molar-refractivity contribution is -0.385. The fourth-order valence-corrected chi connectivity index (χ4v) is 3.02. The molecule has 0 atom stereocenters. The van der Waals surface area contributed by atoms with Crippen molar-refractivity contribution in [3.05, 3.63) is 56.9 Å². The minimum Gasteiger partial charge on any atom is -0.493 e. The Hall–Kier alpha value is -3.20. The van der Waals surface area contributed by atoms with Crippen molar-refractivity contribution in [2.24, 2.45) is 0 Å². The Bertz CT molecular complexity index is 916. The number of benzene rings is 2. The molecule has 142 valence electrons. The average Bonchev–Trinajstić information content (AvgIpc) is 2.69. The number of fused-ring (bicyclic) bond motifs is 1. The van der Waals surface area contributed by atoms with E-state index in [0.717, 1.165) is 11.6 Å². The molecule has 0 bridgehead atoms. The second-order valence-electron chi connectivity index (χ2n) is 5.93. The van der Waals surface area contributed by atoms with E-state index in [0.29, 0.717) is 25.1 Å². The summed E-state index contributed by atoms with van der Waals surface area (Å²) in [6.07, 6.45) is 0.501. The number of anilines is 1. The average molecular weight is 375 g/mol. The van der Waals surface area contributed by atoms with E-state index in [1.165, 1.54) is 26.4 Å². The Balaban J connectivity index is 1.98. The van der Waals surface area contributed by atoms with Crippen molar-refractivity contribution in [2.45, 2.75) is 13.0 Å². The molecule has 2 N–H and O–H groups in total. The minimum absolute atomic E-state index is 0.0234. The lowest BCUT2D eigenvalue weighted by atomic mass is 9.99. The Morgan fingerprint density at radius 3 is 2.63 bits per heavy atom. The van der Waals surface area contributed by atoms with Crippen LogP contribution in [0.25, 0.3) is 0 Å². The number of ether oxygens (including phenoxy) is 2. The molecule has 2 aromatic rings. The number of hydrogen-bond acceptors (Lipinski definition) is 6. The molecule has 0 fully saturated rings. The number of nitrogens with one attached hydrogen (secondary N) is 2. The number of nitrogens with zero attached hydrogens (tertiary/aromatic N) is 1. The third-order valence-corrected chi connectivity index (χ3v) is 4.40. The maximum Gasteiger partial charge on any atom is 0.286 e. The highest BCUT2D eigenvalue weighted by Crippen LogP contribution is 2.35. The molecular formula is C18H18FN3O5. The van der Waals surface area contributed by atoms with Gasteiger partial charge in [-0.3, -0.25) is 14.9 Å². The molecular weight excluding hydrogens is 357 g/mol. The lowest BCUT2D eigenvalue weighted by Gasteiger charge is -2.19. The molecule has 1 aliphatic rings. The van der Waals surface area contributed by atoms with Gasteiger partial charge in [-0.05, 0) is 30.2 Å². The van der Waals surface area contributed by atoms with Gasteiger partial charge in [-0.2, -0.15) is 0 Å². The Kier molecular flexibility index (Phi) is 5.22. The van der Waals surface area contributed by atoms with Crippen LogP contribution in [0.2, 0.25) is 0 Å². The highest BCUT2D eigenvalue weighted by atomic mass is 19.1. The summed E-state index contributed by atoms with van der Waals surface area (Å²) in [6.45, 7) is 1.20. The number of carbonyl (C=O) groups is 1. The molecule has 8 nitrogen and oxygen atoms in total. The molecule has 0 unspecified atom stereocenters. The van der Waals surface area contributed by atoms with E-state index in [9.17, 15) is 19.3 Å². The number of hydrogen-bond donors (Lipinski definition) is 2. The van der Waals surface area contributed by atoms with Crippen molar-refractivity contribution in [3.8, 4) is 11.5 Å². The SMILES string of the molecule is COc1cc(C(=O)Nc2ccc3c(c2F)CCNC3)c([N+](=O)[O-])cc1OC. The van der Waals surface area contributed by atoms with Crippen LogP contribution in [-0.4, -0.2) is 31.6 Å². The first kappa shape index (κ1) is 18.6. The summed E-state index contributed by atoms with van der Waals surface area (Å²) in [5.74, 6) is -1.06. The zero-order valence-corrected chi connectivity index (χ0v) is 14.8. The summed E-state index contributed by atoms with van der Waals surface area (Å²) in [7, 11) is 2.68. The van der Waals surface area contributed by atoms with Gasteiger partial charge >= 0.3 is 0 Å². The summed E-state index contributed by atoms with van der Waals surface area (Å²) in [6, 6.07) is 5.48. The Morgan fingerprint density at radius 2 is 1.96 bits per heavy atom. The highest BCUT2D eigenvalue weighted by Gasteiger charge is 2.26. The third-order valence-electron chi connectivity index (χ3n) is 4.40. The van der Waals surface area contributed by atoms with Crippen LogP contribution in [0.1, 0.15) is 21.5 Å². The molecule has 0 saturated heterocycles. The van der Waals surface area contributed by atoms with E-state index in [4.69, 9.17) is 9.47 Å². The quantitative estimate of drug-likeness (QED) is 0.615. The number of nitro groups is 1. The van der Waals surface area contributed by atoms with Crippen molar-refractivity contribution < 1.29 is 23.6 Å². The minimum atomic E-state index is -0.810. The summed E-state index contributed by atoms with van der Waals surface area (Å²) >= 11 is 0. The number of rotatable bonds is 5. The van der Waals surface area contributed by atoms with Gasteiger partial charge in [0.25, 0.3) is 11.6 Å². The number of methoxy groups -OCH3 is 2. The predicted molar refractivity (Wildman–Crippen MR) is 96.0 cm³/mol. The Morgan fingerprint density at radius 1 is 1.26 bits per heavy atom. The van der Waals surface area contributed by atoms with Crippen LogP contribution in [0, 0.1) is 15.9 Å². The van der Waals surface area contributed by atoms with Crippen LogP contribution in [0.4, 0.5) is 15.8 Å². The molecule has 27 heavy (non-hydrogen) atoms. The van der Waals surface area contributed by atoms with Crippen molar-refractivity contribution in [3.63, 3.8) is 0 Å². The van der Waals surface area contributed by atoms with Crippen molar-refractivity contribution in [1.29, 1.82) is 0 Å². The van der Waals surface area contributed by atoms with Crippen LogP contribution >= 0.6 is 0 Å². The van der Waals surface area contributed by atoms with E-state index >= 15 is 0 Å². The van der Waals surface area contributed by atoms with Crippen molar-refractivity contribution in [1.82, 2.24) is 5.32 Å². The molecule has 0 radical (unpaired) electrons. The van der Waals surface area contributed by atoms with Gasteiger partial charge in [-0.15, -0.1) is 0 Å². The number of amides is 1. The second kappa shape index (κ2) is 7.58. The van der Waals surface area contributed by atoms with E-state index in [-0.39, 0.29) is 22.7 Å². The first-order valence-electron chi connectivity index (χ1n) is 8.19.